The predicted molar refractivity (Wildman–Crippen MR) is 90.8 cm³/mol. The van der Waals surface area contributed by atoms with Crippen molar-refractivity contribution in [2.45, 2.75) is 18.9 Å². The highest BCUT2D eigenvalue weighted by atomic mass is 35.5. The van der Waals surface area contributed by atoms with Crippen LogP contribution in [0.25, 0.3) is 6.08 Å². The summed E-state index contributed by atoms with van der Waals surface area (Å²) in [5, 5.41) is 19.7. The Hall–Kier alpha value is -1.14. The lowest BCUT2D eigenvalue weighted by Crippen LogP contribution is -2.27. The Kier molecular flexibility index (Phi) is 6.81. The Morgan fingerprint density at radius 3 is 2.50 bits per heavy atom. The first-order chi connectivity index (χ1) is 9.69. The van der Waals surface area contributed by atoms with Crippen LogP contribution < -0.4 is 5.73 Å². The fourth-order valence-corrected chi connectivity index (χ4v) is 2.90. The summed E-state index contributed by atoms with van der Waals surface area (Å²) in [4.78, 5) is 2.32. The van der Waals surface area contributed by atoms with Crippen LogP contribution in [0, 0.1) is 0 Å². The van der Waals surface area contributed by atoms with Crippen LogP contribution >= 0.6 is 24.8 Å². The first-order valence-corrected chi connectivity index (χ1v) is 7.03. The number of fused-ring (bicyclic) bond motifs is 1. The highest BCUT2D eigenvalue weighted by Gasteiger charge is 2.26. The van der Waals surface area contributed by atoms with Gasteiger partial charge in [0.05, 0.1) is 6.54 Å². The average molecular weight is 349 g/mol. The number of hydrogen-bond donors (Lipinski definition) is 3. The first-order valence-electron chi connectivity index (χ1n) is 7.03. The molecule has 2 aliphatic rings. The second-order valence-electron chi connectivity index (χ2n) is 5.37. The monoisotopic (exact) mass is 348 g/mol. The van der Waals surface area contributed by atoms with Gasteiger partial charge in [-0.15, -0.1) is 24.8 Å². The molecule has 0 saturated carbocycles. The molecule has 1 atom stereocenters. The van der Waals surface area contributed by atoms with Crippen LogP contribution in [0.4, 0.5) is 0 Å². The number of rotatable bonds is 3. The topological polar surface area (TPSA) is 79.0 Å². The van der Waals surface area contributed by atoms with E-state index in [4.69, 9.17) is 10.5 Å². The molecule has 0 aliphatic carbocycles. The molecular formula is C15H22Cl2N2O3. The zero-order valence-corrected chi connectivity index (χ0v) is 13.8. The van der Waals surface area contributed by atoms with Gasteiger partial charge < -0.3 is 20.7 Å². The number of benzene rings is 1. The highest BCUT2D eigenvalue weighted by molar-refractivity contribution is 5.85. The van der Waals surface area contributed by atoms with Crippen LogP contribution in [0.15, 0.2) is 17.9 Å². The molecule has 2 heterocycles. The molecule has 0 unspecified atom stereocenters. The molecule has 1 aromatic carbocycles. The van der Waals surface area contributed by atoms with Gasteiger partial charge in [0.15, 0.2) is 11.5 Å². The van der Waals surface area contributed by atoms with E-state index in [9.17, 15) is 10.2 Å². The number of nitrogens with two attached hydrogens (primary N) is 1. The predicted octanol–water partition coefficient (Wildman–Crippen LogP) is 2.41. The summed E-state index contributed by atoms with van der Waals surface area (Å²) in [5.74, 6) is 0.595. The van der Waals surface area contributed by atoms with Crippen LogP contribution in [0.1, 0.15) is 30.1 Å². The fraction of sp³-hybridized carbons (Fsp3) is 0.467. The molecule has 0 radical (unpaired) electrons. The molecule has 1 saturated heterocycles. The zero-order chi connectivity index (χ0) is 14.1. The van der Waals surface area contributed by atoms with E-state index in [1.807, 2.05) is 6.08 Å². The fourth-order valence-electron chi connectivity index (χ4n) is 2.90. The van der Waals surface area contributed by atoms with Crippen LogP contribution in [-0.4, -0.2) is 41.3 Å². The maximum atomic E-state index is 10.0. The van der Waals surface area contributed by atoms with Crippen molar-refractivity contribution in [3.05, 3.63) is 29.0 Å². The second-order valence-corrected chi connectivity index (χ2v) is 5.37. The van der Waals surface area contributed by atoms with E-state index in [0.29, 0.717) is 12.1 Å². The van der Waals surface area contributed by atoms with E-state index in [1.165, 1.54) is 18.9 Å². The number of likely N-dealkylation sites (tertiary alicyclic amines) is 1. The van der Waals surface area contributed by atoms with Gasteiger partial charge in [-0.2, -0.15) is 0 Å². The summed E-state index contributed by atoms with van der Waals surface area (Å²) in [7, 11) is 0. The normalized spacial score (nSPS) is 20.2. The summed E-state index contributed by atoms with van der Waals surface area (Å²) in [6.07, 6.45) is 3.99. The Labute approximate surface area is 142 Å². The molecular weight excluding hydrogens is 327 g/mol. The third kappa shape index (κ3) is 3.60. The van der Waals surface area contributed by atoms with Crippen LogP contribution in [0.2, 0.25) is 0 Å². The van der Waals surface area contributed by atoms with Gasteiger partial charge >= 0.3 is 0 Å². The summed E-state index contributed by atoms with van der Waals surface area (Å²) >= 11 is 0. The molecule has 4 N–H and O–H groups in total. The number of phenolic OH excluding ortho intramolecular Hbond substituents is 2. The van der Waals surface area contributed by atoms with E-state index >= 15 is 0 Å². The number of ether oxygens (including phenoxy) is 1. The van der Waals surface area contributed by atoms with Gasteiger partial charge in [-0.25, -0.2) is 0 Å². The minimum Gasteiger partial charge on any atom is -0.504 e. The SMILES string of the molecule is Cl.Cl.NC[C@@H]1OC(CN2CCCC2)=Cc2c1ccc(O)c2O. The molecule has 1 aromatic rings. The Morgan fingerprint density at radius 2 is 1.86 bits per heavy atom. The minimum atomic E-state index is -0.265. The molecule has 3 rings (SSSR count). The molecule has 2 aliphatic heterocycles. The van der Waals surface area contributed by atoms with E-state index in [0.717, 1.165) is 31.0 Å². The molecule has 0 bridgehead atoms. The summed E-state index contributed by atoms with van der Waals surface area (Å²) in [5.41, 5.74) is 7.22. The van der Waals surface area contributed by atoms with Crippen molar-refractivity contribution < 1.29 is 14.9 Å². The van der Waals surface area contributed by atoms with Crippen molar-refractivity contribution in [1.29, 1.82) is 0 Å². The molecule has 1 fully saturated rings. The molecule has 0 spiro atoms. The number of aromatic hydroxyl groups is 2. The van der Waals surface area contributed by atoms with Crippen LogP contribution in [-0.2, 0) is 4.74 Å². The van der Waals surface area contributed by atoms with Gasteiger partial charge in [0.25, 0.3) is 0 Å². The van der Waals surface area contributed by atoms with Crippen molar-refractivity contribution >= 4 is 30.9 Å². The lowest BCUT2D eigenvalue weighted by molar-refractivity contribution is 0.103. The van der Waals surface area contributed by atoms with E-state index in [2.05, 4.69) is 4.90 Å². The van der Waals surface area contributed by atoms with Crippen LogP contribution in [0.5, 0.6) is 11.5 Å². The number of halogens is 2. The van der Waals surface area contributed by atoms with Gasteiger partial charge in [-0.05, 0) is 38.1 Å². The van der Waals surface area contributed by atoms with Crippen molar-refractivity contribution in [1.82, 2.24) is 4.90 Å². The van der Waals surface area contributed by atoms with E-state index in [1.54, 1.807) is 6.07 Å². The molecule has 0 amide bonds. The third-order valence-electron chi connectivity index (χ3n) is 3.97. The number of hydrogen-bond acceptors (Lipinski definition) is 5. The van der Waals surface area contributed by atoms with E-state index < -0.39 is 0 Å². The Balaban J connectivity index is 0.00000121. The van der Waals surface area contributed by atoms with Crippen molar-refractivity contribution in [2.24, 2.45) is 5.73 Å². The summed E-state index contributed by atoms with van der Waals surface area (Å²) < 4.78 is 5.92. The number of phenols is 2. The average Bonchev–Trinajstić information content (AvgIpc) is 2.95. The van der Waals surface area contributed by atoms with Crippen molar-refractivity contribution in [2.75, 3.05) is 26.2 Å². The molecule has 5 nitrogen and oxygen atoms in total. The summed E-state index contributed by atoms with van der Waals surface area (Å²) in [6, 6.07) is 3.23. The van der Waals surface area contributed by atoms with Crippen molar-refractivity contribution in [3.63, 3.8) is 0 Å². The standard InChI is InChI=1S/C15H20N2O3.2ClH/c16-8-14-11-3-4-13(18)15(19)12(11)7-10(20-14)9-17-5-1-2-6-17;;/h3-4,7,14,18-19H,1-2,5-6,8-9,16H2;2*1H/t14-;;/m0../s1. The number of nitrogens with zero attached hydrogens (tertiary/aromatic N) is 1. The molecule has 22 heavy (non-hydrogen) atoms. The van der Waals surface area contributed by atoms with Gasteiger partial charge in [-0.3, -0.25) is 4.90 Å². The quantitative estimate of drug-likeness (QED) is 0.731. The van der Waals surface area contributed by atoms with Gasteiger partial charge in [-0.1, -0.05) is 6.07 Å². The lowest BCUT2D eigenvalue weighted by atomic mass is 9.97. The van der Waals surface area contributed by atoms with Gasteiger partial charge in [0.2, 0.25) is 0 Å². The van der Waals surface area contributed by atoms with Gasteiger partial charge in [0.1, 0.15) is 11.9 Å². The van der Waals surface area contributed by atoms with Gasteiger partial charge in [0, 0.05) is 17.7 Å². The first kappa shape index (κ1) is 18.9. The molecule has 0 aromatic heterocycles. The largest absolute Gasteiger partial charge is 0.504 e. The smallest absolute Gasteiger partial charge is 0.165 e. The Morgan fingerprint density at radius 1 is 1.18 bits per heavy atom. The minimum absolute atomic E-state index is 0. The molecule has 124 valence electrons. The third-order valence-corrected chi connectivity index (χ3v) is 3.97. The van der Waals surface area contributed by atoms with Crippen LogP contribution in [0.3, 0.4) is 0 Å². The maximum Gasteiger partial charge on any atom is 0.165 e. The van der Waals surface area contributed by atoms with Crippen molar-refractivity contribution in [3.8, 4) is 11.5 Å². The maximum absolute atomic E-state index is 10.0. The van der Waals surface area contributed by atoms with E-state index in [-0.39, 0.29) is 42.4 Å². The Bertz CT molecular complexity index is 546. The zero-order valence-electron chi connectivity index (χ0n) is 12.2. The summed E-state index contributed by atoms with van der Waals surface area (Å²) in [6.45, 7) is 3.22. The second kappa shape index (κ2) is 7.92. The lowest BCUT2D eigenvalue weighted by Gasteiger charge is -2.28. The highest BCUT2D eigenvalue weighted by Crippen LogP contribution is 2.40. The molecule has 7 heteroatoms.